The fourth-order valence-electron chi connectivity index (χ4n) is 5.75. The first-order chi connectivity index (χ1) is 19.7. The number of nitrogens with zero attached hydrogens (tertiary/aromatic N) is 1. The Kier molecular flexibility index (Phi) is 8.97. The number of carbonyl (C=O) groups is 2. The minimum absolute atomic E-state index is 0.111. The van der Waals surface area contributed by atoms with Crippen LogP contribution in [-0.2, 0) is 39.0 Å². The highest BCUT2D eigenvalue weighted by Gasteiger charge is 2.33. The minimum Gasteiger partial charge on any atom is -0.343 e. The van der Waals surface area contributed by atoms with E-state index in [1.54, 1.807) is 24.3 Å². The number of fused-ring (bicyclic) bond motifs is 1. The second-order valence-electron chi connectivity index (χ2n) is 10.9. The largest absolute Gasteiger partial charge is 0.343 e. The molecule has 5 rings (SSSR count). The summed E-state index contributed by atoms with van der Waals surface area (Å²) in [6.07, 6.45) is 3.44. The van der Waals surface area contributed by atoms with Crippen molar-refractivity contribution in [2.75, 3.05) is 24.1 Å². The first kappa shape index (κ1) is 29.1. The van der Waals surface area contributed by atoms with Crippen molar-refractivity contribution in [1.29, 1.82) is 0 Å². The molecule has 216 valence electrons. The van der Waals surface area contributed by atoms with Crippen LogP contribution in [0.4, 0.5) is 5.69 Å². The van der Waals surface area contributed by atoms with Crippen molar-refractivity contribution in [3.8, 4) is 0 Å². The van der Waals surface area contributed by atoms with E-state index >= 15 is 0 Å². The zero-order valence-electron chi connectivity index (χ0n) is 23.0. The Morgan fingerprint density at radius 1 is 0.976 bits per heavy atom. The lowest BCUT2D eigenvalue weighted by Crippen LogP contribution is -2.56. The summed E-state index contributed by atoms with van der Waals surface area (Å²) in [5, 5.41) is 6.98. The molecule has 0 aliphatic carbocycles. The normalized spacial score (nSPS) is 18.3. The van der Waals surface area contributed by atoms with Crippen LogP contribution in [0.25, 0.3) is 0 Å². The number of anilines is 1. The van der Waals surface area contributed by atoms with Gasteiger partial charge in [0.15, 0.2) is 0 Å². The van der Waals surface area contributed by atoms with Crippen molar-refractivity contribution >= 4 is 39.1 Å². The summed E-state index contributed by atoms with van der Waals surface area (Å²) in [4.78, 5) is 29.1. The first-order valence-electron chi connectivity index (χ1n) is 13.9. The maximum absolute atomic E-state index is 13.9. The third-order valence-electron chi connectivity index (χ3n) is 7.87. The lowest BCUT2D eigenvalue weighted by Gasteiger charge is -2.35. The summed E-state index contributed by atoms with van der Waals surface area (Å²) in [6, 6.07) is 21.7. The third kappa shape index (κ3) is 7.47. The Labute approximate surface area is 246 Å². The van der Waals surface area contributed by atoms with Crippen LogP contribution in [0.3, 0.4) is 0 Å². The molecule has 0 saturated carbocycles. The summed E-state index contributed by atoms with van der Waals surface area (Å²) >= 11 is 6.08. The number of sulfonamides is 1. The van der Waals surface area contributed by atoms with Crippen LogP contribution < -0.4 is 15.4 Å². The van der Waals surface area contributed by atoms with Gasteiger partial charge in [-0.2, -0.15) is 0 Å². The van der Waals surface area contributed by atoms with Gasteiger partial charge in [0.25, 0.3) is 0 Å². The van der Waals surface area contributed by atoms with Gasteiger partial charge in [-0.05, 0) is 65.6 Å². The van der Waals surface area contributed by atoms with Gasteiger partial charge < -0.3 is 15.5 Å². The number of benzene rings is 3. The first-order valence-corrected chi connectivity index (χ1v) is 16.1. The average molecular weight is 595 g/mol. The Morgan fingerprint density at radius 3 is 2.34 bits per heavy atom. The molecule has 2 aliphatic heterocycles. The molecule has 10 heteroatoms. The van der Waals surface area contributed by atoms with Gasteiger partial charge in [0.1, 0.15) is 6.04 Å². The Bertz CT molecular complexity index is 1500. The second kappa shape index (κ2) is 12.6. The van der Waals surface area contributed by atoms with Crippen LogP contribution in [0.15, 0.2) is 72.8 Å². The molecule has 2 amide bonds. The number of halogens is 1. The Hall–Kier alpha value is -3.40. The molecule has 3 aromatic carbocycles. The molecule has 0 spiro atoms. The lowest BCUT2D eigenvalue weighted by atomic mass is 9.88. The van der Waals surface area contributed by atoms with Crippen LogP contribution in [0.2, 0.25) is 5.02 Å². The van der Waals surface area contributed by atoms with Gasteiger partial charge in [-0.3, -0.25) is 14.3 Å². The van der Waals surface area contributed by atoms with Crippen molar-refractivity contribution in [2.45, 2.75) is 50.2 Å². The summed E-state index contributed by atoms with van der Waals surface area (Å²) in [5.41, 5.74) is 4.74. The van der Waals surface area contributed by atoms with Gasteiger partial charge in [-0.1, -0.05) is 66.2 Å². The molecule has 3 aromatic rings. The highest BCUT2D eigenvalue weighted by molar-refractivity contribution is 7.92. The predicted octanol–water partition coefficient (Wildman–Crippen LogP) is 3.86. The minimum atomic E-state index is -3.41. The van der Waals surface area contributed by atoms with E-state index < -0.39 is 22.1 Å². The zero-order chi connectivity index (χ0) is 29.0. The summed E-state index contributed by atoms with van der Waals surface area (Å²) < 4.78 is 26.4. The maximum atomic E-state index is 13.9. The van der Waals surface area contributed by atoms with Crippen LogP contribution in [0.1, 0.15) is 41.0 Å². The molecular formula is C31H35ClN4O4S. The van der Waals surface area contributed by atoms with Gasteiger partial charge in [-0.15, -0.1) is 0 Å². The smallest absolute Gasteiger partial charge is 0.245 e. The summed E-state index contributed by atoms with van der Waals surface area (Å²) in [7, 11) is -3.41. The molecule has 2 aliphatic rings. The quantitative estimate of drug-likeness (QED) is 0.367. The van der Waals surface area contributed by atoms with Crippen LogP contribution >= 0.6 is 11.6 Å². The van der Waals surface area contributed by atoms with Crippen LogP contribution in [0.5, 0.6) is 0 Å². The number of carbonyl (C=O) groups excluding carboxylic acids is 2. The van der Waals surface area contributed by atoms with Gasteiger partial charge in [-0.25, -0.2) is 8.42 Å². The molecule has 2 heterocycles. The van der Waals surface area contributed by atoms with E-state index in [1.807, 2.05) is 47.4 Å². The molecular weight excluding hydrogens is 560 g/mol. The van der Waals surface area contributed by atoms with E-state index in [2.05, 4.69) is 21.4 Å². The van der Waals surface area contributed by atoms with E-state index in [4.69, 9.17) is 11.6 Å². The molecule has 0 bridgehead atoms. The van der Waals surface area contributed by atoms with Crippen molar-refractivity contribution in [3.63, 3.8) is 0 Å². The number of likely N-dealkylation sites (tertiary alicyclic amines) is 1. The molecule has 0 radical (unpaired) electrons. The van der Waals surface area contributed by atoms with E-state index in [-0.39, 0.29) is 17.7 Å². The SMILES string of the molecule is CS(=O)(=O)Nc1ccccc1C1CCN(C(=O)[C@H](Cc2ccc(Cl)cc2)NC(=O)[C@H]2Cc3ccccc3CN2)CC1. The van der Waals surface area contributed by atoms with Crippen LogP contribution in [0, 0.1) is 0 Å². The summed E-state index contributed by atoms with van der Waals surface area (Å²) in [6.45, 7) is 1.63. The van der Waals surface area contributed by atoms with Gasteiger partial charge in [0.05, 0.1) is 18.0 Å². The van der Waals surface area contributed by atoms with E-state index in [0.29, 0.717) is 56.0 Å². The number of rotatable bonds is 8. The monoisotopic (exact) mass is 594 g/mol. The number of nitrogens with one attached hydrogen (secondary N) is 3. The molecule has 3 N–H and O–H groups in total. The average Bonchev–Trinajstić information content (AvgIpc) is 2.97. The molecule has 0 unspecified atom stereocenters. The van der Waals surface area contributed by atoms with Gasteiger partial charge >= 0.3 is 0 Å². The van der Waals surface area contributed by atoms with Crippen molar-refractivity contribution in [1.82, 2.24) is 15.5 Å². The molecule has 1 saturated heterocycles. The highest BCUT2D eigenvalue weighted by atomic mass is 35.5. The molecule has 1 fully saturated rings. The number of para-hydroxylation sites is 1. The van der Waals surface area contributed by atoms with Gasteiger partial charge in [0, 0.05) is 31.1 Å². The number of amides is 2. The molecule has 2 atom stereocenters. The predicted molar refractivity (Wildman–Crippen MR) is 161 cm³/mol. The molecule has 8 nitrogen and oxygen atoms in total. The molecule has 0 aromatic heterocycles. The summed E-state index contributed by atoms with van der Waals surface area (Å²) in [5.74, 6) is -0.201. The number of piperidine rings is 1. The number of hydrogen-bond acceptors (Lipinski definition) is 5. The fraction of sp³-hybridized carbons (Fsp3) is 0.355. The van der Waals surface area contributed by atoms with E-state index in [0.717, 1.165) is 22.9 Å². The lowest BCUT2D eigenvalue weighted by molar-refractivity contribution is -0.137. The topological polar surface area (TPSA) is 108 Å². The standard InChI is InChI=1S/C31H35ClN4O4S/c1-41(39,40)35-27-9-5-4-8-26(27)22-14-16-36(17-15-22)31(38)29(18-21-10-12-25(32)13-11-21)34-30(37)28-19-23-6-2-3-7-24(23)20-33-28/h2-13,22,28-29,33,35H,14-20H2,1H3,(H,34,37)/t28-,29+/m1/s1. The van der Waals surface area contributed by atoms with Crippen molar-refractivity contribution < 1.29 is 18.0 Å². The Morgan fingerprint density at radius 2 is 1.63 bits per heavy atom. The molecule has 41 heavy (non-hydrogen) atoms. The number of hydrogen-bond donors (Lipinski definition) is 3. The second-order valence-corrected chi connectivity index (χ2v) is 13.0. The van der Waals surface area contributed by atoms with E-state index in [9.17, 15) is 18.0 Å². The van der Waals surface area contributed by atoms with Crippen molar-refractivity contribution in [2.24, 2.45) is 0 Å². The van der Waals surface area contributed by atoms with Gasteiger partial charge in [0.2, 0.25) is 21.8 Å². The van der Waals surface area contributed by atoms with Crippen LogP contribution in [-0.4, -0.2) is 56.6 Å². The Balaban J connectivity index is 1.28. The third-order valence-corrected chi connectivity index (χ3v) is 8.71. The van der Waals surface area contributed by atoms with Crippen molar-refractivity contribution in [3.05, 3.63) is 100 Å². The fourth-order valence-corrected chi connectivity index (χ4v) is 6.46. The highest BCUT2D eigenvalue weighted by Crippen LogP contribution is 2.33. The zero-order valence-corrected chi connectivity index (χ0v) is 24.5. The van der Waals surface area contributed by atoms with E-state index in [1.165, 1.54) is 5.56 Å². The maximum Gasteiger partial charge on any atom is 0.245 e.